The number of fused-ring (bicyclic) bond motifs is 7. The normalized spacial score (nSPS) is 44.2. The maximum absolute atomic E-state index is 12.8. The Balaban J connectivity index is 1.34. The molecule has 6 rings (SSSR count). The van der Waals surface area contributed by atoms with Crippen LogP contribution in [0.25, 0.3) is 5.57 Å². The van der Waals surface area contributed by atoms with E-state index >= 15 is 0 Å². The molecule has 0 aromatic heterocycles. The van der Waals surface area contributed by atoms with Crippen molar-refractivity contribution in [3.05, 3.63) is 41.5 Å². The molecule has 5 aliphatic carbocycles. The van der Waals surface area contributed by atoms with Gasteiger partial charge in [0.1, 0.15) is 0 Å². The summed E-state index contributed by atoms with van der Waals surface area (Å²) in [6.45, 7) is 12.8. The first-order valence-electron chi connectivity index (χ1n) is 15.4. The van der Waals surface area contributed by atoms with Crippen molar-refractivity contribution in [2.75, 3.05) is 7.11 Å². The van der Waals surface area contributed by atoms with E-state index in [0.29, 0.717) is 29.2 Å². The Morgan fingerprint density at radius 2 is 1.54 bits per heavy atom. The van der Waals surface area contributed by atoms with Gasteiger partial charge in [-0.15, -0.1) is 0 Å². The van der Waals surface area contributed by atoms with E-state index in [-0.39, 0.29) is 38.3 Å². The summed E-state index contributed by atoms with van der Waals surface area (Å²) in [6.07, 6.45) is 14.2. The maximum Gasteiger partial charge on any atom is 0.337 e. The molecule has 4 fully saturated rings. The third-order valence-electron chi connectivity index (χ3n) is 13.9. The molecule has 0 spiro atoms. The maximum atomic E-state index is 12.8. The number of benzene rings is 1. The minimum Gasteiger partial charge on any atom is -0.465 e. The number of halogens is 1. The molecule has 5 aliphatic rings. The van der Waals surface area contributed by atoms with Gasteiger partial charge in [-0.05, 0) is 138 Å². The third-order valence-corrected chi connectivity index (χ3v) is 14.3. The van der Waals surface area contributed by atoms with Gasteiger partial charge in [-0.2, -0.15) is 0 Å². The predicted octanol–water partition coefficient (Wildman–Crippen LogP) is 9.09. The summed E-state index contributed by atoms with van der Waals surface area (Å²) in [4.78, 5) is 24.8. The lowest BCUT2D eigenvalue weighted by Gasteiger charge is -2.72. The Morgan fingerprint density at radius 3 is 2.21 bits per heavy atom. The number of ether oxygens (including phenoxy) is 1. The van der Waals surface area contributed by atoms with Crippen molar-refractivity contribution in [3.8, 4) is 0 Å². The summed E-state index contributed by atoms with van der Waals surface area (Å²) in [6, 6.07) is 8.03. The van der Waals surface area contributed by atoms with Gasteiger partial charge in [0.15, 0.2) is 0 Å². The Morgan fingerprint density at radius 1 is 0.821 bits per heavy atom. The summed E-state index contributed by atoms with van der Waals surface area (Å²) in [7, 11) is 1.43. The molecule has 4 heteroatoms. The van der Waals surface area contributed by atoms with E-state index in [2.05, 4.69) is 52.8 Å². The topological polar surface area (TPSA) is 43.4 Å². The first-order chi connectivity index (χ1) is 18.3. The van der Waals surface area contributed by atoms with Crippen LogP contribution in [0.2, 0.25) is 0 Å². The van der Waals surface area contributed by atoms with Crippen LogP contribution < -0.4 is 0 Å². The lowest BCUT2D eigenvalue weighted by molar-refractivity contribution is -0.221. The molecule has 1 aromatic rings. The molecule has 7 unspecified atom stereocenters. The summed E-state index contributed by atoms with van der Waals surface area (Å²) in [5.74, 6) is 2.11. The lowest BCUT2D eigenvalue weighted by Crippen LogP contribution is -2.65. The fourth-order valence-electron chi connectivity index (χ4n) is 11.9. The Hall–Kier alpha value is -1.61. The van der Waals surface area contributed by atoms with Crippen LogP contribution in [0.5, 0.6) is 0 Å². The van der Waals surface area contributed by atoms with Crippen molar-refractivity contribution >= 4 is 28.4 Å². The fraction of sp³-hybridized carbons (Fsp3) is 0.714. The molecule has 4 saturated carbocycles. The van der Waals surface area contributed by atoms with Gasteiger partial charge in [-0.25, -0.2) is 4.79 Å². The van der Waals surface area contributed by atoms with Gasteiger partial charge in [0.05, 0.1) is 12.7 Å². The molecule has 0 N–H and O–H groups in total. The zero-order valence-electron chi connectivity index (χ0n) is 24.9. The average molecular weight is 551 g/mol. The lowest BCUT2D eigenvalue weighted by atomic mass is 9.33. The van der Waals surface area contributed by atoms with E-state index in [4.69, 9.17) is 16.3 Å². The molecule has 0 radical (unpaired) electrons. The second-order valence-corrected chi connectivity index (χ2v) is 15.6. The van der Waals surface area contributed by atoms with E-state index in [1.807, 2.05) is 12.1 Å². The molecular weight excluding hydrogens is 504 g/mol. The summed E-state index contributed by atoms with van der Waals surface area (Å²) >= 11 is 6.37. The van der Waals surface area contributed by atoms with Gasteiger partial charge < -0.3 is 4.74 Å². The van der Waals surface area contributed by atoms with Gasteiger partial charge in [-0.1, -0.05) is 59.2 Å². The van der Waals surface area contributed by atoms with Gasteiger partial charge >= 0.3 is 5.97 Å². The molecule has 0 heterocycles. The molecule has 1 aromatic carbocycles. The standard InChI is InChI=1S/C35H47ClO3/c1-31(2)24(22-9-11-23(12-10-22)29(37)39-6)15-18-32(3)27(31)16-19-34(5)28(32)14-13-25-26-8-7-17-35(26,30(36)38)21-20-33(25,34)4/h9-12,15,25-28H,7-8,13-14,16-21H2,1-6H3/t25?,26?,27?,28?,32?,33-,34?,35?/m1/s1. The molecule has 3 nitrogen and oxygen atoms in total. The second kappa shape index (κ2) is 8.94. The van der Waals surface area contributed by atoms with Gasteiger partial charge in [0, 0.05) is 5.41 Å². The SMILES string of the molecule is COC(=O)c1ccc(C2=CCC3(C)C(CCC4(C)C3CCC3C5CCCC5(C(=O)Cl)CC[C@]34C)C2(C)C)cc1. The molecule has 0 aliphatic heterocycles. The van der Waals surface area contributed by atoms with Crippen molar-refractivity contribution in [1.82, 2.24) is 0 Å². The number of rotatable bonds is 3. The van der Waals surface area contributed by atoms with E-state index in [1.54, 1.807) is 0 Å². The number of carbonyl (C=O) groups excluding carboxylic acids is 2. The van der Waals surface area contributed by atoms with E-state index < -0.39 is 0 Å². The van der Waals surface area contributed by atoms with Crippen molar-refractivity contribution in [2.45, 2.75) is 98.8 Å². The molecule has 39 heavy (non-hydrogen) atoms. The van der Waals surface area contributed by atoms with Gasteiger partial charge in [-0.3, -0.25) is 4.79 Å². The van der Waals surface area contributed by atoms with Crippen LogP contribution in [0.4, 0.5) is 0 Å². The smallest absolute Gasteiger partial charge is 0.337 e. The van der Waals surface area contributed by atoms with E-state index in [0.717, 1.165) is 32.1 Å². The van der Waals surface area contributed by atoms with Crippen LogP contribution in [0.3, 0.4) is 0 Å². The van der Waals surface area contributed by atoms with E-state index in [1.165, 1.54) is 50.4 Å². The quantitative estimate of drug-likeness (QED) is 0.278. The molecule has 212 valence electrons. The highest BCUT2D eigenvalue weighted by Gasteiger charge is 2.70. The number of allylic oxidation sites excluding steroid dienone is 2. The van der Waals surface area contributed by atoms with Crippen LogP contribution in [0.15, 0.2) is 30.3 Å². The Kier molecular flexibility index (Phi) is 6.32. The Labute approximate surface area is 240 Å². The number of esters is 1. The zero-order chi connectivity index (χ0) is 28.0. The number of carbonyl (C=O) groups is 2. The molecule has 0 amide bonds. The van der Waals surface area contributed by atoms with Crippen molar-refractivity contribution in [2.24, 2.45) is 50.7 Å². The summed E-state index contributed by atoms with van der Waals surface area (Å²) in [5, 5.41) is -0.0405. The van der Waals surface area contributed by atoms with Crippen LogP contribution in [-0.2, 0) is 9.53 Å². The van der Waals surface area contributed by atoms with Crippen LogP contribution >= 0.6 is 11.6 Å². The van der Waals surface area contributed by atoms with Crippen LogP contribution in [0, 0.1) is 50.7 Å². The highest BCUT2D eigenvalue weighted by molar-refractivity contribution is 6.64. The van der Waals surface area contributed by atoms with Gasteiger partial charge in [0.2, 0.25) is 5.24 Å². The third kappa shape index (κ3) is 3.53. The summed E-state index contributed by atoms with van der Waals surface area (Å²) in [5.41, 5.74) is 3.89. The van der Waals surface area contributed by atoms with Crippen molar-refractivity contribution in [1.29, 1.82) is 0 Å². The number of methoxy groups -OCH3 is 1. The first-order valence-corrected chi connectivity index (χ1v) is 15.8. The molecule has 0 saturated heterocycles. The molecule has 8 atom stereocenters. The van der Waals surface area contributed by atoms with E-state index in [9.17, 15) is 9.59 Å². The highest BCUT2D eigenvalue weighted by Crippen LogP contribution is 2.77. The molecule has 0 bridgehead atoms. The largest absolute Gasteiger partial charge is 0.465 e. The minimum absolute atomic E-state index is 0.0405. The Bertz CT molecular complexity index is 1210. The predicted molar refractivity (Wildman–Crippen MR) is 157 cm³/mol. The minimum atomic E-state index is -0.283. The number of hydrogen-bond acceptors (Lipinski definition) is 3. The molecular formula is C35H47ClO3. The fourth-order valence-corrected chi connectivity index (χ4v) is 12.2. The summed E-state index contributed by atoms with van der Waals surface area (Å²) < 4.78 is 4.92. The second-order valence-electron chi connectivity index (χ2n) is 15.2. The van der Waals surface area contributed by atoms with Crippen LogP contribution in [0.1, 0.15) is 115 Å². The van der Waals surface area contributed by atoms with Crippen molar-refractivity contribution < 1.29 is 14.3 Å². The average Bonchev–Trinajstić information content (AvgIpc) is 3.34. The van der Waals surface area contributed by atoms with Gasteiger partial charge in [0.25, 0.3) is 0 Å². The van der Waals surface area contributed by atoms with Crippen molar-refractivity contribution in [3.63, 3.8) is 0 Å². The highest BCUT2D eigenvalue weighted by atomic mass is 35.5. The van der Waals surface area contributed by atoms with Crippen LogP contribution in [-0.4, -0.2) is 18.3 Å². The zero-order valence-corrected chi connectivity index (χ0v) is 25.6. The first kappa shape index (κ1) is 27.6. The monoisotopic (exact) mass is 550 g/mol. The number of hydrogen-bond donors (Lipinski definition) is 0.